The Morgan fingerprint density at radius 3 is 2.94 bits per heavy atom. The predicted molar refractivity (Wildman–Crippen MR) is 133 cm³/mol. The van der Waals surface area contributed by atoms with E-state index >= 15 is 0 Å². The van der Waals surface area contributed by atoms with Gasteiger partial charge in [-0.25, -0.2) is 4.79 Å². The highest BCUT2D eigenvalue weighted by molar-refractivity contribution is 5.89. The summed E-state index contributed by atoms with van der Waals surface area (Å²) >= 11 is 0. The van der Waals surface area contributed by atoms with Gasteiger partial charge in [0.05, 0.1) is 11.5 Å². The van der Waals surface area contributed by atoms with Gasteiger partial charge >= 0.3 is 6.09 Å². The smallest absolute Gasteiger partial charge is 0.415 e. The number of Topliss-reactive ketones (excluding diaryl/α,β-unsaturated/α-hetero) is 1. The van der Waals surface area contributed by atoms with Crippen LogP contribution < -0.4 is 26.3 Å². The monoisotopic (exact) mass is 499 g/mol. The molecule has 2 amide bonds. The summed E-state index contributed by atoms with van der Waals surface area (Å²) in [5.74, 6) is 1.16. The van der Waals surface area contributed by atoms with Crippen LogP contribution in [0.4, 0.5) is 4.79 Å². The molecule has 36 heavy (non-hydrogen) atoms. The minimum Gasteiger partial charge on any atom is -0.477 e. The number of hydrogen-bond donors (Lipinski definition) is 3. The maximum atomic E-state index is 12.9. The zero-order chi connectivity index (χ0) is 25.6. The van der Waals surface area contributed by atoms with Gasteiger partial charge < -0.3 is 36.1 Å². The first kappa shape index (κ1) is 25.0. The fourth-order valence-corrected chi connectivity index (χ4v) is 6.81. The molecule has 4 aliphatic rings. The van der Waals surface area contributed by atoms with Crippen molar-refractivity contribution < 1.29 is 23.9 Å². The fraction of sp³-hybridized carbons (Fsp3) is 0.654. The molecule has 2 aliphatic heterocycles. The third-order valence-corrected chi connectivity index (χ3v) is 8.56. The number of likely N-dealkylation sites (tertiary alicyclic amines) is 1. The molecule has 10 heteroatoms. The lowest BCUT2D eigenvalue weighted by molar-refractivity contribution is -0.132. The summed E-state index contributed by atoms with van der Waals surface area (Å²) in [6.07, 6.45) is 3.46. The first-order valence-electron chi connectivity index (χ1n) is 13.0. The number of hydrogen-bond acceptors (Lipinski definition) is 8. The highest BCUT2D eigenvalue weighted by atomic mass is 16.6. The Hall–Kier alpha value is -2.69. The van der Waals surface area contributed by atoms with E-state index in [-0.39, 0.29) is 30.2 Å². The Kier molecular flexibility index (Phi) is 6.69. The fourth-order valence-electron chi connectivity index (χ4n) is 6.81. The largest absolute Gasteiger partial charge is 0.477 e. The lowest BCUT2D eigenvalue weighted by atomic mass is 9.57. The number of ether oxygens (including phenoxy) is 2. The number of nitrogens with two attached hydrogens (primary N) is 2. The zero-order valence-electron chi connectivity index (χ0n) is 21.1. The maximum Gasteiger partial charge on any atom is 0.415 e. The molecule has 5 rings (SSSR count). The number of amides is 2. The zero-order valence-corrected chi connectivity index (χ0v) is 21.1. The first-order chi connectivity index (χ1) is 17.3. The quantitative estimate of drug-likeness (QED) is 0.418. The Balaban J connectivity index is 1.24. The van der Waals surface area contributed by atoms with Crippen molar-refractivity contribution >= 4 is 17.8 Å². The van der Waals surface area contributed by atoms with E-state index < -0.39 is 18.2 Å². The molecule has 2 aliphatic carbocycles. The van der Waals surface area contributed by atoms with Crippen molar-refractivity contribution in [3.05, 3.63) is 23.3 Å². The standard InChI is InChI=1S/C26H37N5O5/c1-30(12-11-29-24(33)17(28)5-3-4-10-27)25(34)35-20-9-6-15-13-18-16-7-8-19(32)23-26(16,14-31(18)2)21(15)22(20)36-23/h6,9,16-18,23H,3-5,7-8,10-14,27-28H2,1-2H3,(H,29,33)/t16?,17-,18+,23?,26-/m0/s1. The van der Waals surface area contributed by atoms with Crippen LogP contribution in [0.2, 0.25) is 0 Å². The first-order valence-corrected chi connectivity index (χ1v) is 13.0. The highest BCUT2D eigenvalue weighted by Gasteiger charge is 2.68. The minimum atomic E-state index is -0.589. The molecule has 196 valence electrons. The topological polar surface area (TPSA) is 140 Å². The number of carbonyl (C=O) groups excluding carboxylic acids is 3. The Bertz CT molecular complexity index is 1060. The van der Waals surface area contributed by atoms with E-state index in [9.17, 15) is 14.4 Å². The van der Waals surface area contributed by atoms with Crippen molar-refractivity contribution in [2.24, 2.45) is 17.4 Å². The maximum absolute atomic E-state index is 12.9. The van der Waals surface area contributed by atoms with Gasteiger partial charge in [-0.05, 0) is 56.8 Å². The summed E-state index contributed by atoms with van der Waals surface area (Å²) in [5, 5.41) is 2.77. The van der Waals surface area contributed by atoms with Gasteiger partial charge in [0.15, 0.2) is 23.4 Å². The van der Waals surface area contributed by atoms with Crippen molar-refractivity contribution in [2.45, 2.75) is 62.1 Å². The molecule has 1 aromatic carbocycles. The lowest BCUT2D eigenvalue weighted by Crippen LogP contribution is -2.55. The molecule has 0 radical (unpaired) electrons. The molecule has 1 saturated carbocycles. The van der Waals surface area contributed by atoms with Crippen LogP contribution in [-0.4, -0.2) is 86.0 Å². The van der Waals surface area contributed by atoms with Crippen LogP contribution in [0.3, 0.4) is 0 Å². The Morgan fingerprint density at radius 1 is 1.36 bits per heavy atom. The van der Waals surface area contributed by atoms with Crippen LogP contribution in [0.15, 0.2) is 12.1 Å². The number of nitrogens with one attached hydrogen (secondary N) is 1. The van der Waals surface area contributed by atoms with Gasteiger partial charge in [-0.3, -0.25) is 9.59 Å². The van der Waals surface area contributed by atoms with Crippen LogP contribution in [0.1, 0.15) is 43.2 Å². The van der Waals surface area contributed by atoms with Crippen molar-refractivity contribution in [3.8, 4) is 11.5 Å². The number of ketones is 1. The van der Waals surface area contributed by atoms with Crippen LogP contribution in [-0.2, 0) is 21.4 Å². The third-order valence-electron chi connectivity index (χ3n) is 8.56. The van der Waals surface area contributed by atoms with Gasteiger partial charge in [0.2, 0.25) is 5.91 Å². The second-order valence-corrected chi connectivity index (χ2v) is 10.7. The lowest BCUT2D eigenvalue weighted by Gasteiger charge is -2.43. The van der Waals surface area contributed by atoms with Crippen molar-refractivity contribution in [1.29, 1.82) is 0 Å². The average molecular weight is 500 g/mol. The molecule has 2 heterocycles. The Labute approximate surface area is 211 Å². The molecule has 2 fully saturated rings. The van der Waals surface area contributed by atoms with Gasteiger partial charge in [-0.1, -0.05) is 12.5 Å². The van der Waals surface area contributed by atoms with E-state index in [1.165, 1.54) is 10.5 Å². The number of likely N-dealkylation sites (N-methyl/N-ethyl adjacent to an activating group) is 2. The summed E-state index contributed by atoms with van der Waals surface area (Å²) in [6.45, 7) is 1.89. The van der Waals surface area contributed by atoms with Crippen molar-refractivity contribution in [2.75, 3.05) is 40.3 Å². The summed E-state index contributed by atoms with van der Waals surface area (Å²) in [4.78, 5) is 41.7. The number of nitrogens with zero attached hydrogens (tertiary/aromatic N) is 2. The van der Waals surface area contributed by atoms with E-state index in [1.54, 1.807) is 13.1 Å². The molecule has 1 saturated heterocycles. The van der Waals surface area contributed by atoms with E-state index in [0.717, 1.165) is 37.8 Å². The molecule has 10 nitrogen and oxygen atoms in total. The van der Waals surface area contributed by atoms with Crippen molar-refractivity contribution in [3.63, 3.8) is 0 Å². The molecule has 0 aromatic heterocycles. The van der Waals surface area contributed by atoms with Crippen LogP contribution in [0.5, 0.6) is 11.5 Å². The van der Waals surface area contributed by atoms with Crippen molar-refractivity contribution in [1.82, 2.24) is 15.1 Å². The number of unbranched alkanes of at least 4 members (excludes halogenated alkanes) is 1. The molecule has 1 spiro atoms. The second-order valence-electron chi connectivity index (χ2n) is 10.7. The molecule has 1 aromatic rings. The summed E-state index contributed by atoms with van der Waals surface area (Å²) in [5.41, 5.74) is 13.3. The molecule has 2 bridgehead atoms. The molecular weight excluding hydrogens is 462 g/mol. The van der Waals surface area contributed by atoms with Gasteiger partial charge in [0.25, 0.3) is 0 Å². The molecular formula is C26H37N5O5. The number of rotatable bonds is 9. The summed E-state index contributed by atoms with van der Waals surface area (Å²) in [6, 6.07) is 3.61. The Morgan fingerprint density at radius 2 is 2.17 bits per heavy atom. The van der Waals surface area contributed by atoms with E-state index in [1.807, 2.05) is 6.07 Å². The predicted octanol–water partition coefficient (Wildman–Crippen LogP) is 0.538. The van der Waals surface area contributed by atoms with Gasteiger partial charge in [0.1, 0.15) is 0 Å². The normalized spacial score (nSPS) is 28.3. The van der Waals surface area contributed by atoms with Crippen LogP contribution in [0, 0.1) is 5.92 Å². The average Bonchev–Trinajstić information content (AvgIpc) is 3.30. The third kappa shape index (κ3) is 3.95. The van der Waals surface area contributed by atoms with Crippen LogP contribution >= 0.6 is 0 Å². The second kappa shape index (κ2) is 9.64. The minimum absolute atomic E-state index is 0.135. The highest BCUT2D eigenvalue weighted by Crippen LogP contribution is 2.63. The van der Waals surface area contributed by atoms with Gasteiger partial charge in [-0.15, -0.1) is 0 Å². The molecule has 2 unspecified atom stereocenters. The van der Waals surface area contributed by atoms with E-state index in [0.29, 0.717) is 42.8 Å². The van der Waals surface area contributed by atoms with Gasteiger partial charge in [-0.2, -0.15) is 0 Å². The SMILES string of the molecule is CN(CCNC(=O)[C@@H](N)CCCCN)C(=O)Oc1ccc2c3c1OC1C(=O)CCC4[C@@H](C2)N(C)C[C@]314. The van der Waals surface area contributed by atoms with Gasteiger partial charge in [0, 0.05) is 44.7 Å². The summed E-state index contributed by atoms with van der Waals surface area (Å²) in [7, 11) is 3.74. The summed E-state index contributed by atoms with van der Waals surface area (Å²) < 4.78 is 12.1. The molecule has 5 atom stereocenters. The van der Waals surface area contributed by atoms with E-state index in [4.69, 9.17) is 20.9 Å². The molecule has 5 N–H and O–H groups in total. The number of carbonyl (C=O) groups is 3. The van der Waals surface area contributed by atoms with Crippen LogP contribution in [0.25, 0.3) is 0 Å². The van der Waals surface area contributed by atoms with E-state index in [2.05, 4.69) is 17.3 Å². The number of benzene rings is 1.